The van der Waals surface area contributed by atoms with Crippen molar-refractivity contribution in [3.8, 4) is 0 Å². The molecule has 1 aromatic rings. The van der Waals surface area contributed by atoms with Crippen LogP contribution in [-0.2, 0) is 34.7 Å². The highest BCUT2D eigenvalue weighted by molar-refractivity contribution is 6.05. The van der Waals surface area contributed by atoms with Crippen molar-refractivity contribution in [1.82, 2.24) is 0 Å². The summed E-state index contributed by atoms with van der Waals surface area (Å²) < 4.78 is 59.5. The zero-order chi connectivity index (χ0) is 21.9. The first-order valence-corrected chi connectivity index (χ1v) is 8.12. The van der Waals surface area contributed by atoms with Gasteiger partial charge >= 0.3 is 24.1 Å². The summed E-state index contributed by atoms with van der Waals surface area (Å²) in [5, 5.41) is 0. The number of ether oxygens (including phenoxy) is 4. The van der Waals surface area contributed by atoms with Gasteiger partial charge in [0.1, 0.15) is 12.4 Å². The van der Waals surface area contributed by atoms with Gasteiger partial charge in [0.15, 0.2) is 0 Å². The highest BCUT2D eigenvalue weighted by Crippen LogP contribution is 2.38. The molecule has 0 aromatic heterocycles. The Balaban J connectivity index is 2.82. The first kappa shape index (κ1) is 22.2. The van der Waals surface area contributed by atoms with Gasteiger partial charge in [-0.2, -0.15) is 13.2 Å². The Kier molecular flexibility index (Phi) is 6.52. The molecule has 0 fully saturated rings. The molecule has 0 atom stereocenters. The molecule has 29 heavy (non-hydrogen) atoms. The lowest BCUT2D eigenvalue weighted by atomic mass is 10.0. The number of methoxy groups -OCH3 is 3. The summed E-state index contributed by atoms with van der Waals surface area (Å²) in [6.45, 7) is 0.428. The molecule has 0 unspecified atom stereocenters. The zero-order valence-electron chi connectivity index (χ0n) is 16.0. The summed E-state index contributed by atoms with van der Waals surface area (Å²) in [5.41, 5.74) is -2.51. The van der Waals surface area contributed by atoms with Crippen LogP contribution < -0.4 is 4.90 Å². The summed E-state index contributed by atoms with van der Waals surface area (Å²) in [7, 11) is 3.16. The number of esters is 3. The third kappa shape index (κ3) is 4.34. The maximum atomic E-state index is 13.4. The lowest BCUT2D eigenvalue weighted by Crippen LogP contribution is -2.39. The van der Waals surface area contributed by atoms with Crippen molar-refractivity contribution < 1.29 is 46.5 Å². The largest absolute Gasteiger partial charge is 0.466 e. The number of aryl methyl sites for hydroxylation is 1. The highest BCUT2D eigenvalue weighted by atomic mass is 19.4. The molecule has 0 amide bonds. The van der Waals surface area contributed by atoms with Gasteiger partial charge < -0.3 is 23.8 Å². The molecular formula is C18H18F3NO7. The van der Waals surface area contributed by atoms with E-state index in [1.54, 1.807) is 0 Å². The molecule has 1 aromatic carbocycles. The van der Waals surface area contributed by atoms with E-state index in [0.29, 0.717) is 6.07 Å². The molecule has 1 aliphatic rings. The van der Waals surface area contributed by atoms with Crippen LogP contribution in [-0.4, -0.2) is 52.6 Å². The fraction of sp³-hybridized carbons (Fsp3) is 0.389. The van der Waals surface area contributed by atoms with Crippen LogP contribution in [0.1, 0.15) is 21.5 Å². The second-order valence-corrected chi connectivity index (χ2v) is 5.89. The van der Waals surface area contributed by atoms with Crippen LogP contribution >= 0.6 is 0 Å². The number of benzene rings is 1. The van der Waals surface area contributed by atoms with Gasteiger partial charge in [-0.25, -0.2) is 14.4 Å². The number of carbonyl (C=O) groups excluding carboxylic acids is 3. The quantitative estimate of drug-likeness (QED) is 0.544. The van der Waals surface area contributed by atoms with E-state index in [4.69, 9.17) is 4.74 Å². The normalized spacial score (nSPS) is 14.5. The maximum Gasteiger partial charge on any atom is 0.416 e. The summed E-state index contributed by atoms with van der Waals surface area (Å²) in [5.74, 6) is -2.89. The van der Waals surface area contributed by atoms with Gasteiger partial charge in [-0.05, 0) is 24.6 Å². The highest BCUT2D eigenvalue weighted by Gasteiger charge is 2.38. The number of hydrogen-bond donors (Lipinski definition) is 0. The Morgan fingerprint density at radius 3 is 2.10 bits per heavy atom. The monoisotopic (exact) mass is 417 g/mol. The van der Waals surface area contributed by atoms with Gasteiger partial charge in [-0.1, -0.05) is 0 Å². The third-order valence-corrected chi connectivity index (χ3v) is 4.18. The first-order chi connectivity index (χ1) is 13.6. The molecule has 0 spiro atoms. The van der Waals surface area contributed by atoms with Crippen LogP contribution in [0.25, 0.3) is 0 Å². The van der Waals surface area contributed by atoms with Crippen LogP contribution in [0.4, 0.5) is 18.9 Å². The number of nitrogens with zero attached hydrogens (tertiary/aromatic N) is 1. The predicted octanol–water partition coefficient (Wildman–Crippen LogP) is 2.19. The van der Waals surface area contributed by atoms with Crippen molar-refractivity contribution in [1.29, 1.82) is 0 Å². The molecule has 2 rings (SSSR count). The summed E-state index contributed by atoms with van der Waals surface area (Å²) in [4.78, 5) is 37.6. The van der Waals surface area contributed by atoms with Crippen LogP contribution in [0.5, 0.6) is 0 Å². The fourth-order valence-corrected chi connectivity index (χ4v) is 2.83. The standard InChI is InChI=1S/C18H18F3NO7/c1-9-5-10(15(23)26-2)13(6-12(9)18(19,20)21)22-8-29-7-11(16(24)27-3)14(22)17(25)28-4/h5-6H,7-8H2,1-4H3. The maximum absolute atomic E-state index is 13.4. The summed E-state index contributed by atoms with van der Waals surface area (Å²) >= 11 is 0. The van der Waals surface area contributed by atoms with E-state index < -0.39 is 42.1 Å². The molecule has 8 nitrogen and oxygen atoms in total. The van der Waals surface area contributed by atoms with Gasteiger partial charge in [0, 0.05) is 0 Å². The minimum absolute atomic E-state index is 0.226. The van der Waals surface area contributed by atoms with Crippen molar-refractivity contribution >= 4 is 23.6 Å². The minimum atomic E-state index is -4.73. The molecule has 0 radical (unpaired) electrons. The lowest BCUT2D eigenvalue weighted by molar-refractivity contribution is -0.140. The number of carbonyl (C=O) groups is 3. The topological polar surface area (TPSA) is 91.4 Å². The number of hydrogen-bond acceptors (Lipinski definition) is 8. The average molecular weight is 417 g/mol. The number of halogens is 3. The number of rotatable bonds is 4. The Bertz CT molecular complexity index is 877. The molecule has 1 aliphatic heterocycles. The molecule has 0 saturated heterocycles. The Morgan fingerprint density at radius 2 is 1.59 bits per heavy atom. The van der Waals surface area contributed by atoms with Gasteiger partial charge in [0.25, 0.3) is 0 Å². The van der Waals surface area contributed by atoms with E-state index in [-0.39, 0.29) is 29.0 Å². The molecule has 1 heterocycles. The molecule has 11 heteroatoms. The van der Waals surface area contributed by atoms with Crippen molar-refractivity contribution in [3.05, 3.63) is 40.1 Å². The lowest BCUT2D eigenvalue weighted by Gasteiger charge is -2.32. The van der Waals surface area contributed by atoms with E-state index in [1.165, 1.54) is 6.92 Å². The molecule has 0 bridgehead atoms. The molecule has 0 aliphatic carbocycles. The number of alkyl halides is 3. The van der Waals surface area contributed by atoms with E-state index >= 15 is 0 Å². The third-order valence-electron chi connectivity index (χ3n) is 4.18. The molecular weight excluding hydrogens is 399 g/mol. The van der Waals surface area contributed by atoms with Crippen molar-refractivity contribution in [2.75, 3.05) is 39.6 Å². The molecule has 0 saturated carbocycles. The fourth-order valence-electron chi connectivity index (χ4n) is 2.83. The van der Waals surface area contributed by atoms with Crippen LogP contribution in [0.2, 0.25) is 0 Å². The van der Waals surface area contributed by atoms with Crippen molar-refractivity contribution in [3.63, 3.8) is 0 Å². The Hall–Kier alpha value is -3.08. The average Bonchev–Trinajstić information content (AvgIpc) is 2.70. The zero-order valence-corrected chi connectivity index (χ0v) is 16.0. The summed E-state index contributed by atoms with van der Waals surface area (Å²) in [6, 6.07) is 1.68. The second kappa shape index (κ2) is 8.52. The number of anilines is 1. The Labute approximate surface area is 163 Å². The van der Waals surface area contributed by atoms with E-state index in [2.05, 4.69) is 14.2 Å². The van der Waals surface area contributed by atoms with Crippen LogP contribution in [0.15, 0.2) is 23.4 Å². The van der Waals surface area contributed by atoms with E-state index in [9.17, 15) is 27.6 Å². The van der Waals surface area contributed by atoms with Crippen molar-refractivity contribution in [2.45, 2.75) is 13.1 Å². The molecule has 0 N–H and O–H groups in total. The van der Waals surface area contributed by atoms with Gasteiger partial charge in [0.2, 0.25) is 0 Å². The van der Waals surface area contributed by atoms with Gasteiger partial charge in [0.05, 0.1) is 50.3 Å². The van der Waals surface area contributed by atoms with Gasteiger partial charge in [-0.15, -0.1) is 0 Å². The second-order valence-electron chi connectivity index (χ2n) is 5.89. The predicted molar refractivity (Wildman–Crippen MR) is 91.9 cm³/mol. The van der Waals surface area contributed by atoms with Crippen LogP contribution in [0.3, 0.4) is 0 Å². The van der Waals surface area contributed by atoms with Gasteiger partial charge in [-0.3, -0.25) is 0 Å². The van der Waals surface area contributed by atoms with E-state index in [1.807, 2.05) is 0 Å². The first-order valence-electron chi connectivity index (χ1n) is 8.12. The van der Waals surface area contributed by atoms with Crippen LogP contribution in [0, 0.1) is 6.92 Å². The molecule has 158 valence electrons. The Morgan fingerprint density at radius 1 is 1.00 bits per heavy atom. The smallest absolute Gasteiger partial charge is 0.416 e. The van der Waals surface area contributed by atoms with Crippen molar-refractivity contribution in [2.24, 2.45) is 0 Å². The SMILES string of the molecule is COC(=O)C1=C(C(=O)OC)N(c2cc(C(F)(F)F)c(C)cc2C(=O)OC)COC1. The summed E-state index contributed by atoms with van der Waals surface area (Å²) in [6.07, 6.45) is -4.73. The minimum Gasteiger partial charge on any atom is -0.466 e. The van der Waals surface area contributed by atoms with E-state index in [0.717, 1.165) is 32.3 Å².